The van der Waals surface area contributed by atoms with Gasteiger partial charge in [-0.1, -0.05) is 6.07 Å². The molecule has 0 unspecified atom stereocenters. The average molecular weight is 377 g/mol. The van der Waals surface area contributed by atoms with Gasteiger partial charge in [0, 0.05) is 31.7 Å². The number of amides is 4. The fourth-order valence-corrected chi connectivity index (χ4v) is 2.70. The highest BCUT2D eigenvalue weighted by Crippen LogP contribution is 2.31. The predicted octanol–water partition coefficient (Wildman–Crippen LogP) is 2.93. The molecule has 1 saturated heterocycles. The molecule has 1 aromatic heterocycles. The van der Waals surface area contributed by atoms with Gasteiger partial charge < -0.3 is 4.57 Å². The van der Waals surface area contributed by atoms with Gasteiger partial charge in [-0.2, -0.15) is 13.2 Å². The summed E-state index contributed by atoms with van der Waals surface area (Å²) in [5.74, 6) is -1.56. The Morgan fingerprint density at radius 3 is 2.15 bits per heavy atom. The normalized spacial score (nSPS) is 15.6. The molecule has 6 nitrogen and oxygen atoms in total. The summed E-state index contributed by atoms with van der Waals surface area (Å²) in [5, 5.41) is 0. The van der Waals surface area contributed by atoms with Crippen LogP contribution in [0.15, 0.2) is 48.2 Å². The highest BCUT2D eigenvalue weighted by atomic mass is 19.4. The Balaban J connectivity index is 2.06. The summed E-state index contributed by atoms with van der Waals surface area (Å²) in [6.45, 7) is 0. The maximum atomic E-state index is 13.0. The van der Waals surface area contributed by atoms with Crippen molar-refractivity contribution in [3.05, 3.63) is 59.4 Å². The van der Waals surface area contributed by atoms with E-state index in [1.165, 1.54) is 43.1 Å². The molecule has 0 aliphatic carbocycles. The Labute approximate surface area is 152 Å². The van der Waals surface area contributed by atoms with Crippen LogP contribution in [0.5, 0.6) is 0 Å². The molecule has 2 heterocycles. The summed E-state index contributed by atoms with van der Waals surface area (Å²) in [6, 6.07) is 7.03. The molecule has 0 N–H and O–H groups in total. The number of benzene rings is 1. The molecule has 0 spiro atoms. The van der Waals surface area contributed by atoms with Crippen LogP contribution in [-0.4, -0.2) is 46.3 Å². The minimum absolute atomic E-state index is 0.218. The number of alkyl halides is 3. The van der Waals surface area contributed by atoms with Crippen LogP contribution in [0.4, 0.5) is 18.0 Å². The van der Waals surface area contributed by atoms with Crippen molar-refractivity contribution in [2.24, 2.45) is 0 Å². The van der Waals surface area contributed by atoms with E-state index < -0.39 is 29.6 Å². The Morgan fingerprint density at radius 2 is 1.56 bits per heavy atom. The second-order valence-electron chi connectivity index (χ2n) is 5.92. The second-order valence-corrected chi connectivity index (χ2v) is 5.92. The number of carbonyl (C=O) groups is 3. The largest absolute Gasteiger partial charge is 0.416 e. The Morgan fingerprint density at radius 1 is 0.926 bits per heavy atom. The average Bonchev–Trinajstić information content (AvgIpc) is 3.09. The molecule has 1 aliphatic rings. The minimum Gasteiger partial charge on any atom is -0.317 e. The number of nitrogens with zero attached hydrogens (tertiary/aromatic N) is 3. The highest BCUT2D eigenvalue weighted by molar-refractivity contribution is 6.30. The lowest BCUT2D eigenvalue weighted by atomic mass is 10.1. The van der Waals surface area contributed by atoms with Crippen LogP contribution >= 0.6 is 0 Å². The number of barbiturate groups is 1. The summed E-state index contributed by atoms with van der Waals surface area (Å²) in [5.41, 5.74) is -0.536. The van der Waals surface area contributed by atoms with E-state index in [1.807, 2.05) is 0 Å². The summed E-state index contributed by atoms with van der Waals surface area (Å²) in [7, 11) is 2.49. The molecule has 0 atom stereocenters. The van der Waals surface area contributed by atoms with Gasteiger partial charge in [-0.3, -0.25) is 19.4 Å². The first kappa shape index (κ1) is 18.4. The summed E-state index contributed by atoms with van der Waals surface area (Å²) in [4.78, 5) is 37.9. The molecule has 0 bridgehead atoms. The molecule has 0 radical (unpaired) electrons. The van der Waals surface area contributed by atoms with E-state index in [0.717, 1.165) is 21.9 Å². The van der Waals surface area contributed by atoms with Crippen LogP contribution in [0.3, 0.4) is 0 Å². The maximum Gasteiger partial charge on any atom is 0.416 e. The zero-order valence-electron chi connectivity index (χ0n) is 14.3. The van der Waals surface area contributed by atoms with Crippen molar-refractivity contribution < 1.29 is 27.6 Å². The SMILES string of the molecule is CN1C(=O)C(=Cc2cccn2-c2cccc(C(F)(F)F)c2)C(=O)N(C)C1=O. The number of hydrogen-bond acceptors (Lipinski definition) is 3. The van der Waals surface area contributed by atoms with Gasteiger partial charge in [0.15, 0.2) is 0 Å². The number of carbonyl (C=O) groups excluding carboxylic acids is 3. The lowest BCUT2D eigenvalue weighted by Gasteiger charge is -2.28. The molecule has 1 aliphatic heterocycles. The third kappa shape index (κ3) is 3.23. The van der Waals surface area contributed by atoms with Crippen molar-refractivity contribution >= 4 is 23.9 Å². The van der Waals surface area contributed by atoms with E-state index in [0.29, 0.717) is 5.69 Å². The molecular formula is C18H14F3N3O3. The Hall–Kier alpha value is -3.36. The van der Waals surface area contributed by atoms with Crippen LogP contribution in [0, 0.1) is 0 Å². The zero-order valence-corrected chi connectivity index (χ0v) is 14.3. The van der Waals surface area contributed by atoms with E-state index in [2.05, 4.69) is 0 Å². The molecule has 3 rings (SSSR count). The second kappa shape index (κ2) is 6.42. The van der Waals surface area contributed by atoms with Crippen molar-refractivity contribution in [2.75, 3.05) is 14.1 Å². The Kier molecular flexibility index (Phi) is 4.38. The summed E-state index contributed by atoms with van der Waals surface area (Å²) >= 11 is 0. The zero-order chi connectivity index (χ0) is 19.9. The van der Waals surface area contributed by atoms with Crippen LogP contribution in [-0.2, 0) is 15.8 Å². The van der Waals surface area contributed by atoms with Gasteiger partial charge in [0.05, 0.1) is 5.56 Å². The number of rotatable bonds is 2. The van der Waals surface area contributed by atoms with Gasteiger partial charge in [-0.05, 0) is 36.4 Å². The molecule has 4 amide bonds. The van der Waals surface area contributed by atoms with E-state index >= 15 is 0 Å². The Bertz CT molecular complexity index is 949. The maximum absolute atomic E-state index is 13.0. The lowest BCUT2D eigenvalue weighted by Crippen LogP contribution is -2.52. The molecule has 27 heavy (non-hydrogen) atoms. The minimum atomic E-state index is -4.50. The number of urea groups is 1. The lowest BCUT2D eigenvalue weighted by molar-refractivity contribution is -0.138. The highest BCUT2D eigenvalue weighted by Gasteiger charge is 2.38. The smallest absolute Gasteiger partial charge is 0.317 e. The third-order valence-electron chi connectivity index (χ3n) is 4.17. The van der Waals surface area contributed by atoms with Crippen molar-refractivity contribution in [3.8, 4) is 5.69 Å². The van der Waals surface area contributed by atoms with E-state index in [9.17, 15) is 27.6 Å². The number of hydrogen-bond donors (Lipinski definition) is 0. The van der Waals surface area contributed by atoms with Gasteiger partial charge in [0.1, 0.15) is 5.57 Å². The van der Waals surface area contributed by atoms with Gasteiger partial charge in [-0.25, -0.2) is 4.79 Å². The van der Waals surface area contributed by atoms with E-state index in [4.69, 9.17) is 0 Å². The first-order valence-corrected chi connectivity index (χ1v) is 7.78. The van der Waals surface area contributed by atoms with Crippen molar-refractivity contribution in [1.82, 2.24) is 14.4 Å². The van der Waals surface area contributed by atoms with Crippen LogP contribution in [0.2, 0.25) is 0 Å². The summed E-state index contributed by atoms with van der Waals surface area (Å²) < 4.78 is 40.3. The van der Waals surface area contributed by atoms with Gasteiger partial charge in [0.25, 0.3) is 11.8 Å². The summed E-state index contributed by atoms with van der Waals surface area (Å²) in [6.07, 6.45) is -1.73. The molecule has 9 heteroatoms. The van der Waals surface area contributed by atoms with E-state index in [-0.39, 0.29) is 11.3 Å². The van der Waals surface area contributed by atoms with Crippen LogP contribution in [0.1, 0.15) is 11.3 Å². The number of likely N-dealkylation sites (N-methyl/N-ethyl adjacent to an activating group) is 2. The van der Waals surface area contributed by atoms with Crippen LogP contribution in [0.25, 0.3) is 11.8 Å². The first-order chi connectivity index (χ1) is 12.6. The monoisotopic (exact) mass is 377 g/mol. The van der Waals surface area contributed by atoms with Gasteiger partial charge >= 0.3 is 12.2 Å². The molecule has 1 aromatic carbocycles. The van der Waals surface area contributed by atoms with Gasteiger partial charge in [0.2, 0.25) is 0 Å². The standard InChI is InChI=1S/C18H14F3N3O3/c1-22-15(25)14(16(26)23(2)17(22)27)10-13-7-4-8-24(13)12-6-3-5-11(9-12)18(19,20)21/h3-10H,1-2H3. The molecule has 140 valence electrons. The quantitative estimate of drug-likeness (QED) is 0.597. The van der Waals surface area contributed by atoms with Crippen molar-refractivity contribution in [2.45, 2.75) is 6.18 Å². The predicted molar refractivity (Wildman–Crippen MR) is 89.7 cm³/mol. The van der Waals surface area contributed by atoms with Crippen molar-refractivity contribution in [1.29, 1.82) is 0 Å². The van der Waals surface area contributed by atoms with Crippen LogP contribution < -0.4 is 0 Å². The number of imide groups is 2. The van der Waals surface area contributed by atoms with Crippen molar-refractivity contribution in [3.63, 3.8) is 0 Å². The molecule has 1 fully saturated rings. The number of aromatic nitrogens is 1. The fraction of sp³-hybridized carbons (Fsp3) is 0.167. The molecule has 2 aromatic rings. The topological polar surface area (TPSA) is 62.6 Å². The molecular weight excluding hydrogens is 363 g/mol. The first-order valence-electron chi connectivity index (χ1n) is 7.78. The molecule has 0 saturated carbocycles. The third-order valence-corrected chi connectivity index (χ3v) is 4.17. The number of halogens is 3. The van der Waals surface area contributed by atoms with E-state index in [1.54, 1.807) is 12.1 Å². The fourth-order valence-electron chi connectivity index (χ4n) is 2.70. The van der Waals surface area contributed by atoms with Gasteiger partial charge in [-0.15, -0.1) is 0 Å².